The summed E-state index contributed by atoms with van der Waals surface area (Å²) in [7, 11) is 0. The van der Waals surface area contributed by atoms with E-state index in [2.05, 4.69) is 17.6 Å². The van der Waals surface area contributed by atoms with Crippen LogP contribution < -0.4 is 10.6 Å². The fourth-order valence-corrected chi connectivity index (χ4v) is 2.14. The molecule has 0 aliphatic carbocycles. The fourth-order valence-electron chi connectivity index (χ4n) is 1.69. The summed E-state index contributed by atoms with van der Waals surface area (Å²) in [5.74, 6) is 0. The number of rotatable bonds is 2. The quantitative estimate of drug-likeness (QED) is 0.779. The lowest BCUT2D eigenvalue weighted by Crippen LogP contribution is -2.19. The molecule has 0 atom stereocenters. The first-order valence-electron chi connectivity index (χ1n) is 5.95. The van der Waals surface area contributed by atoms with Crippen LogP contribution in [0.25, 0.3) is 0 Å². The lowest BCUT2D eigenvalue weighted by Gasteiger charge is -2.12. The predicted molar refractivity (Wildman–Crippen MR) is 87.2 cm³/mol. The van der Waals surface area contributed by atoms with Gasteiger partial charge in [-0.2, -0.15) is 0 Å². The smallest absolute Gasteiger partial charge is 0.175 e. The van der Waals surface area contributed by atoms with Gasteiger partial charge in [0.1, 0.15) is 0 Å². The van der Waals surface area contributed by atoms with Crippen LogP contribution in [0.3, 0.4) is 0 Å². The lowest BCUT2D eigenvalue weighted by molar-refractivity contribution is 1.45. The van der Waals surface area contributed by atoms with E-state index in [1.807, 2.05) is 49.4 Å². The molecule has 0 aliphatic rings. The zero-order chi connectivity index (χ0) is 13.8. The highest BCUT2D eigenvalue weighted by molar-refractivity contribution is 7.80. The summed E-state index contributed by atoms with van der Waals surface area (Å²) in [4.78, 5) is 0. The SMILES string of the molecule is Cc1ccc(NC(=S)Nc2ccc(Cl)cc2C)cc1. The van der Waals surface area contributed by atoms with Crippen molar-refractivity contribution in [2.24, 2.45) is 0 Å². The van der Waals surface area contributed by atoms with Crippen LogP contribution in [0.5, 0.6) is 0 Å². The molecule has 0 bridgehead atoms. The Morgan fingerprint density at radius 2 is 1.68 bits per heavy atom. The largest absolute Gasteiger partial charge is 0.332 e. The molecule has 0 aromatic heterocycles. The van der Waals surface area contributed by atoms with E-state index < -0.39 is 0 Å². The molecular weight excluding hydrogens is 276 g/mol. The van der Waals surface area contributed by atoms with Crippen molar-refractivity contribution in [3.8, 4) is 0 Å². The summed E-state index contributed by atoms with van der Waals surface area (Å²) in [6, 6.07) is 13.7. The van der Waals surface area contributed by atoms with Crippen molar-refractivity contribution in [2.75, 3.05) is 10.6 Å². The maximum Gasteiger partial charge on any atom is 0.175 e. The average molecular weight is 291 g/mol. The van der Waals surface area contributed by atoms with Gasteiger partial charge in [-0.1, -0.05) is 29.3 Å². The van der Waals surface area contributed by atoms with E-state index in [9.17, 15) is 0 Å². The fraction of sp³-hybridized carbons (Fsp3) is 0.133. The van der Waals surface area contributed by atoms with Gasteiger partial charge in [0.2, 0.25) is 0 Å². The number of hydrogen-bond donors (Lipinski definition) is 2. The number of benzene rings is 2. The molecule has 2 aromatic rings. The van der Waals surface area contributed by atoms with Crippen molar-refractivity contribution in [1.29, 1.82) is 0 Å². The van der Waals surface area contributed by atoms with E-state index in [4.69, 9.17) is 23.8 Å². The molecule has 4 heteroatoms. The second-order valence-electron chi connectivity index (χ2n) is 4.40. The minimum absolute atomic E-state index is 0.564. The summed E-state index contributed by atoms with van der Waals surface area (Å²) in [5, 5.41) is 7.60. The standard InChI is InChI=1S/C15H15ClN2S/c1-10-3-6-13(7-4-10)17-15(19)18-14-8-5-12(16)9-11(14)2/h3-9H,1-2H3,(H2,17,18,19). The van der Waals surface area contributed by atoms with Gasteiger partial charge in [-0.25, -0.2) is 0 Å². The number of thiocarbonyl (C=S) groups is 1. The van der Waals surface area contributed by atoms with Crippen molar-refractivity contribution >= 4 is 40.3 Å². The maximum absolute atomic E-state index is 5.92. The Morgan fingerprint density at radius 1 is 1.00 bits per heavy atom. The Balaban J connectivity index is 2.03. The molecule has 98 valence electrons. The van der Waals surface area contributed by atoms with Gasteiger partial charge in [-0.3, -0.25) is 0 Å². The van der Waals surface area contributed by atoms with Crippen molar-refractivity contribution in [1.82, 2.24) is 0 Å². The van der Waals surface area contributed by atoms with Crippen LogP contribution in [-0.4, -0.2) is 5.11 Å². The van der Waals surface area contributed by atoms with Crippen LogP contribution >= 0.6 is 23.8 Å². The van der Waals surface area contributed by atoms with Crippen LogP contribution in [0, 0.1) is 13.8 Å². The third-order valence-electron chi connectivity index (χ3n) is 2.75. The lowest BCUT2D eigenvalue weighted by atomic mass is 10.2. The molecular formula is C15H15ClN2S. The summed E-state index contributed by atoms with van der Waals surface area (Å²) < 4.78 is 0. The Labute approximate surface area is 123 Å². The second kappa shape index (κ2) is 6.04. The van der Waals surface area contributed by atoms with Crippen LogP contribution in [0.2, 0.25) is 5.02 Å². The van der Waals surface area contributed by atoms with Gasteiger partial charge in [0, 0.05) is 16.4 Å². The van der Waals surface area contributed by atoms with Gasteiger partial charge in [0.25, 0.3) is 0 Å². The molecule has 0 saturated carbocycles. The van der Waals surface area contributed by atoms with Crippen molar-refractivity contribution in [3.05, 3.63) is 58.6 Å². The van der Waals surface area contributed by atoms with Gasteiger partial charge in [-0.05, 0) is 62.0 Å². The van der Waals surface area contributed by atoms with Crippen LogP contribution in [0.4, 0.5) is 11.4 Å². The van der Waals surface area contributed by atoms with Crippen LogP contribution in [0.1, 0.15) is 11.1 Å². The van der Waals surface area contributed by atoms with Gasteiger partial charge in [0.15, 0.2) is 5.11 Å². The van der Waals surface area contributed by atoms with E-state index in [1.165, 1.54) is 5.56 Å². The van der Waals surface area contributed by atoms with Crippen molar-refractivity contribution < 1.29 is 0 Å². The van der Waals surface area contributed by atoms with Gasteiger partial charge >= 0.3 is 0 Å². The van der Waals surface area contributed by atoms with E-state index in [1.54, 1.807) is 0 Å². The van der Waals surface area contributed by atoms with E-state index >= 15 is 0 Å². The summed E-state index contributed by atoms with van der Waals surface area (Å²) in [6.45, 7) is 4.04. The molecule has 0 aliphatic heterocycles. The zero-order valence-electron chi connectivity index (χ0n) is 10.8. The Morgan fingerprint density at radius 3 is 2.32 bits per heavy atom. The zero-order valence-corrected chi connectivity index (χ0v) is 12.4. The minimum atomic E-state index is 0.564. The van der Waals surface area contributed by atoms with E-state index in [-0.39, 0.29) is 0 Å². The maximum atomic E-state index is 5.92. The topological polar surface area (TPSA) is 24.1 Å². The van der Waals surface area contributed by atoms with Crippen molar-refractivity contribution in [2.45, 2.75) is 13.8 Å². The molecule has 2 nitrogen and oxygen atoms in total. The highest BCUT2D eigenvalue weighted by atomic mass is 35.5. The molecule has 2 N–H and O–H groups in total. The molecule has 0 amide bonds. The Kier molecular flexibility index (Phi) is 4.40. The first-order valence-corrected chi connectivity index (χ1v) is 6.74. The molecule has 0 spiro atoms. The van der Waals surface area contributed by atoms with Gasteiger partial charge in [-0.15, -0.1) is 0 Å². The molecule has 0 heterocycles. The minimum Gasteiger partial charge on any atom is -0.332 e. The van der Waals surface area contributed by atoms with Crippen molar-refractivity contribution in [3.63, 3.8) is 0 Å². The molecule has 0 fully saturated rings. The molecule has 2 aromatic carbocycles. The van der Waals surface area contributed by atoms with Gasteiger partial charge < -0.3 is 10.6 Å². The summed E-state index contributed by atoms with van der Waals surface area (Å²) >= 11 is 11.2. The molecule has 19 heavy (non-hydrogen) atoms. The highest BCUT2D eigenvalue weighted by Crippen LogP contribution is 2.20. The number of aryl methyl sites for hydroxylation is 2. The number of hydrogen-bond acceptors (Lipinski definition) is 1. The first kappa shape index (κ1) is 13.8. The second-order valence-corrected chi connectivity index (χ2v) is 5.25. The molecule has 0 radical (unpaired) electrons. The molecule has 0 unspecified atom stereocenters. The predicted octanol–water partition coefficient (Wildman–Crippen LogP) is 4.77. The first-order chi connectivity index (χ1) is 9.04. The average Bonchev–Trinajstić information content (AvgIpc) is 2.36. The number of anilines is 2. The monoisotopic (exact) mass is 290 g/mol. The Hall–Kier alpha value is -1.58. The third-order valence-corrected chi connectivity index (χ3v) is 3.19. The summed E-state index contributed by atoms with van der Waals surface area (Å²) in [5.41, 5.74) is 4.20. The number of halogens is 1. The van der Waals surface area contributed by atoms with Gasteiger partial charge in [0.05, 0.1) is 0 Å². The third kappa shape index (κ3) is 3.94. The van der Waals surface area contributed by atoms with E-state index in [0.717, 1.165) is 22.0 Å². The number of nitrogens with one attached hydrogen (secondary N) is 2. The van der Waals surface area contributed by atoms with E-state index in [0.29, 0.717) is 5.11 Å². The highest BCUT2D eigenvalue weighted by Gasteiger charge is 2.02. The summed E-state index contributed by atoms with van der Waals surface area (Å²) in [6.07, 6.45) is 0. The van der Waals surface area contributed by atoms with Crippen LogP contribution in [-0.2, 0) is 0 Å². The van der Waals surface area contributed by atoms with Crippen LogP contribution in [0.15, 0.2) is 42.5 Å². The normalized spacial score (nSPS) is 10.1. The molecule has 2 rings (SSSR count). The molecule has 0 saturated heterocycles. The Bertz CT molecular complexity index is 594.